The van der Waals surface area contributed by atoms with Crippen molar-refractivity contribution in [2.24, 2.45) is 0 Å². The van der Waals surface area contributed by atoms with Gasteiger partial charge in [0.25, 0.3) is 0 Å². The molecule has 0 aliphatic heterocycles. The predicted octanol–water partition coefficient (Wildman–Crippen LogP) is 5.74. The van der Waals surface area contributed by atoms with Gasteiger partial charge in [0.1, 0.15) is 5.82 Å². The van der Waals surface area contributed by atoms with Gasteiger partial charge in [-0.15, -0.1) is 0 Å². The van der Waals surface area contributed by atoms with Crippen LogP contribution in [0.25, 0.3) is 0 Å². The summed E-state index contributed by atoms with van der Waals surface area (Å²) in [5, 5.41) is 3.29. The Kier molecular flexibility index (Phi) is 7.89. The molecular weight excluding hydrogens is 463 g/mol. The van der Waals surface area contributed by atoms with Crippen LogP contribution in [0.4, 0.5) is 10.1 Å². The SMILES string of the molecule is Cc1cccc(C(C)C)c1NC(=O)CN(Cc1ccc(F)cc1)S(=O)(=O)c1ccc(Cl)cc1. The second kappa shape index (κ2) is 10.5. The largest absolute Gasteiger partial charge is 0.324 e. The zero-order valence-corrected chi connectivity index (χ0v) is 20.3. The first-order valence-electron chi connectivity index (χ1n) is 10.5. The highest BCUT2D eigenvalue weighted by molar-refractivity contribution is 7.89. The van der Waals surface area contributed by atoms with Crippen molar-refractivity contribution in [1.29, 1.82) is 0 Å². The third-order valence-electron chi connectivity index (χ3n) is 5.24. The molecule has 5 nitrogen and oxygen atoms in total. The third-order valence-corrected chi connectivity index (χ3v) is 7.29. The number of aryl methyl sites for hydroxylation is 1. The number of hydrogen-bond donors (Lipinski definition) is 1. The van der Waals surface area contributed by atoms with Crippen molar-refractivity contribution in [2.75, 3.05) is 11.9 Å². The van der Waals surface area contributed by atoms with Crippen LogP contribution < -0.4 is 5.32 Å². The van der Waals surface area contributed by atoms with Gasteiger partial charge in [0.15, 0.2) is 0 Å². The molecule has 0 radical (unpaired) electrons. The molecule has 174 valence electrons. The Morgan fingerprint density at radius 2 is 1.67 bits per heavy atom. The van der Waals surface area contributed by atoms with E-state index in [9.17, 15) is 17.6 Å². The fourth-order valence-electron chi connectivity index (χ4n) is 3.46. The highest BCUT2D eigenvalue weighted by atomic mass is 35.5. The van der Waals surface area contributed by atoms with Crippen LogP contribution in [-0.4, -0.2) is 25.2 Å². The average molecular weight is 489 g/mol. The molecular formula is C25H26ClFN2O3S. The fraction of sp³-hybridized carbons (Fsp3) is 0.240. The summed E-state index contributed by atoms with van der Waals surface area (Å²) < 4.78 is 41.2. The maximum absolute atomic E-state index is 13.4. The molecule has 3 aromatic rings. The number of carbonyl (C=O) groups excluding carboxylic acids is 1. The van der Waals surface area contributed by atoms with Crippen molar-refractivity contribution >= 4 is 33.2 Å². The normalized spacial score (nSPS) is 11.7. The smallest absolute Gasteiger partial charge is 0.243 e. The summed E-state index contributed by atoms with van der Waals surface area (Å²) in [4.78, 5) is 13.0. The van der Waals surface area contributed by atoms with Gasteiger partial charge in [0.2, 0.25) is 15.9 Å². The minimum atomic E-state index is -4.03. The van der Waals surface area contributed by atoms with Crippen LogP contribution in [0.3, 0.4) is 0 Å². The molecule has 0 aliphatic rings. The molecule has 0 aliphatic carbocycles. The highest BCUT2D eigenvalue weighted by Gasteiger charge is 2.27. The molecule has 8 heteroatoms. The summed E-state index contributed by atoms with van der Waals surface area (Å²) in [7, 11) is -4.03. The van der Waals surface area contributed by atoms with Crippen molar-refractivity contribution in [3.05, 3.63) is 94.3 Å². The van der Waals surface area contributed by atoms with Crippen LogP contribution in [-0.2, 0) is 21.4 Å². The lowest BCUT2D eigenvalue weighted by molar-refractivity contribution is -0.116. The van der Waals surface area contributed by atoms with E-state index in [0.29, 0.717) is 16.3 Å². The molecule has 0 atom stereocenters. The van der Waals surface area contributed by atoms with Crippen LogP contribution in [0.2, 0.25) is 5.02 Å². The predicted molar refractivity (Wildman–Crippen MR) is 129 cm³/mol. The number of sulfonamides is 1. The molecule has 0 spiro atoms. The maximum atomic E-state index is 13.4. The Balaban J connectivity index is 1.92. The van der Waals surface area contributed by atoms with Gasteiger partial charge in [-0.3, -0.25) is 4.79 Å². The van der Waals surface area contributed by atoms with Crippen molar-refractivity contribution in [3.63, 3.8) is 0 Å². The number of para-hydroxylation sites is 1. The van der Waals surface area contributed by atoms with Gasteiger partial charge in [-0.05, 0) is 65.9 Å². The summed E-state index contributed by atoms with van der Waals surface area (Å²) in [5.41, 5.74) is 3.10. The molecule has 1 N–H and O–H groups in total. The van der Waals surface area contributed by atoms with E-state index in [1.807, 2.05) is 39.0 Å². The molecule has 0 aromatic heterocycles. The zero-order chi connectivity index (χ0) is 24.2. The van der Waals surface area contributed by atoms with Gasteiger partial charge in [-0.2, -0.15) is 4.31 Å². The first-order valence-corrected chi connectivity index (χ1v) is 12.3. The first kappa shape index (κ1) is 24.9. The summed E-state index contributed by atoms with van der Waals surface area (Å²) in [5.74, 6) is -0.719. The summed E-state index contributed by atoms with van der Waals surface area (Å²) in [6, 6.07) is 17.0. The molecule has 1 amide bonds. The van der Waals surface area contributed by atoms with Crippen LogP contribution in [0, 0.1) is 12.7 Å². The zero-order valence-electron chi connectivity index (χ0n) is 18.7. The van der Waals surface area contributed by atoms with Crippen LogP contribution >= 0.6 is 11.6 Å². The Hall–Kier alpha value is -2.74. The van der Waals surface area contributed by atoms with Crippen molar-refractivity contribution < 1.29 is 17.6 Å². The Bertz CT molecular complexity index is 1230. The van der Waals surface area contributed by atoms with E-state index in [1.54, 1.807) is 0 Å². The van der Waals surface area contributed by atoms with E-state index in [-0.39, 0.29) is 17.4 Å². The third kappa shape index (κ3) is 6.19. The Labute approximate surface area is 199 Å². The standard InChI is InChI=1S/C25H26ClFN2O3S/c1-17(2)23-6-4-5-18(3)25(23)28-24(30)16-29(15-19-7-11-21(27)12-8-19)33(31,32)22-13-9-20(26)10-14-22/h4-14,17H,15-16H2,1-3H3,(H,28,30). The molecule has 33 heavy (non-hydrogen) atoms. The number of hydrogen-bond acceptors (Lipinski definition) is 3. The van der Waals surface area contributed by atoms with Gasteiger partial charge in [-0.25, -0.2) is 12.8 Å². The van der Waals surface area contributed by atoms with Crippen molar-refractivity contribution in [1.82, 2.24) is 4.31 Å². The van der Waals surface area contributed by atoms with Crippen molar-refractivity contribution in [2.45, 2.75) is 38.1 Å². The molecule has 0 saturated carbocycles. The van der Waals surface area contributed by atoms with Gasteiger partial charge >= 0.3 is 0 Å². The quantitative estimate of drug-likeness (QED) is 0.439. The fourth-order valence-corrected chi connectivity index (χ4v) is 4.97. The number of rotatable bonds is 8. The first-order chi connectivity index (χ1) is 15.6. The minimum absolute atomic E-state index is 0.0144. The number of anilines is 1. The van der Waals surface area contributed by atoms with Gasteiger partial charge in [0.05, 0.1) is 11.4 Å². The number of nitrogens with one attached hydrogen (secondary N) is 1. The Morgan fingerprint density at radius 3 is 2.27 bits per heavy atom. The van der Waals surface area contributed by atoms with Gasteiger partial charge in [0, 0.05) is 17.3 Å². The summed E-state index contributed by atoms with van der Waals surface area (Å²) in [6.45, 7) is 5.44. The molecule has 0 bridgehead atoms. The molecule has 0 fully saturated rings. The van der Waals surface area contributed by atoms with Crippen LogP contribution in [0.5, 0.6) is 0 Å². The van der Waals surface area contributed by atoms with E-state index in [0.717, 1.165) is 15.4 Å². The monoisotopic (exact) mass is 488 g/mol. The lowest BCUT2D eigenvalue weighted by Crippen LogP contribution is -2.37. The van der Waals surface area contributed by atoms with E-state index in [2.05, 4.69) is 5.32 Å². The topological polar surface area (TPSA) is 66.5 Å². The lowest BCUT2D eigenvalue weighted by Gasteiger charge is -2.23. The van der Waals surface area contributed by atoms with E-state index < -0.39 is 28.3 Å². The highest BCUT2D eigenvalue weighted by Crippen LogP contribution is 2.28. The van der Waals surface area contributed by atoms with E-state index in [4.69, 9.17) is 11.6 Å². The van der Waals surface area contributed by atoms with E-state index in [1.165, 1.54) is 48.5 Å². The van der Waals surface area contributed by atoms with Crippen molar-refractivity contribution in [3.8, 4) is 0 Å². The molecule has 0 heterocycles. The second-order valence-corrected chi connectivity index (χ2v) is 10.5. The minimum Gasteiger partial charge on any atom is -0.324 e. The summed E-state index contributed by atoms with van der Waals surface area (Å²) in [6.07, 6.45) is 0. The second-order valence-electron chi connectivity index (χ2n) is 8.10. The van der Waals surface area contributed by atoms with Gasteiger partial charge < -0.3 is 5.32 Å². The van der Waals surface area contributed by atoms with Crippen LogP contribution in [0.15, 0.2) is 71.6 Å². The number of halogens is 2. The van der Waals surface area contributed by atoms with E-state index >= 15 is 0 Å². The number of carbonyl (C=O) groups is 1. The molecule has 0 unspecified atom stereocenters. The molecule has 3 rings (SSSR count). The Morgan fingerprint density at radius 1 is 1.03 bits per heavy atom. The number of amides is 1. The lowest BCUT2D eigenvalue weighted by atomic mass is 9.98. The average Bonchev–Trinajstić information content (AvgIpc) is 2.76. The summed E-state index contributed by atoms with van der Waals surface area (Å²) >= 11 is 5.91. The number of nitrogens with zero attached hydrogens (tertiary/aromatic N) is 1. The molecule has 0 saturated heterocycles. The van der Waals surface area contributed by atoms with Gasteiger partial charge in [-0.1, -0.05) is 55.8 Å². The van der Waals surface area contributed by atoms with Crippen LogP contribution in [0.1, 0.15) is 36.5 Å². The number of benzene rings is 3. The maximum Gasteiger partial charge on any atom is 0.243 e. The molecule has 3 aromatic carbocycles.